The molecule has 9 aromatic rings. The molecule has 0 atom stereocenters. The van der Waals surface area contributed by atoms with E-state index in [-0.39, 0.29) is 0 Å². The van der Waals surface area contributed by atoms with Crippen molar-refractivity contribution in [3.05, 3.63) is 217 Å². The lowest BCUT2D eigenvalue weighted by molar-refractivity contribution is 1.18. The summed E-state index contributed by atoms with van der Waals surface area (Å²) in [5.41, 5.74) is 13.6. The maximum atomic E-state index is 9.93. The van der Waals surface area contributed by atoms with Gasteiger partial charge in [-0.1, -0.05) is 170 Å². The van der Waals surface area contributed by atoms with Gasteiger partial charge in [0.25, 0.3) is 0 Å². The molecule has 0 N–H and O–H groups in total. The third kappa shape index (κ3) is 7.12. The van der Waals surface area contributed by atoms with Crippen molar-refractivity contribution in [1.82, 2.24) is 19.9 Å². The van der Waals surface area contributed by atoms with Crippen LogP contribution in [0.4, 0.5) is 0 Å². The van der Waals surface area contributed by atoms with Gasteiger partial charge in [0, 0.05) is 33.2 Å². The fourth-order valence-corrected chi connectivity index (χ4v) is 7.18. The summed E-state index contributed by atoms with van der Waals surface area (Å²) in [5.74, 6) is 0.674. The van der Waals surface area contributed by atoms with Crippen LogP contribution in [0, 0.1) is 11.3 Å². The smallest absolute Gasteiger partial charge is 0.160 e. The van der Waals surface area contributed by atoms with Gasteiger partial charge in [0.15, 0.2) is 5.82 Å². The molecule has 268 valence electrons. The topological polar surface area (TPSA) is 75.3 Å². The zero-order chi connectivity index (χ0) is 38.6. The molecule has 0 aliphatic rings. The number of hydrogen-bond donors (Lipinski definition) is 0. The molecule has 5 heteroatoms. The Morgan fingerprint density at radius 3 is 1.68 bits per heavy atom. The Labute approximate surface area is 331 Å². The quantitative estimate of drug-likeness (QED) is 0.146. The van der Waals surface area contributed by atoms with E-state index in [1.54, 1.807) is 0 Å². The molecule has 0 saturated carbocycles. The molecule has 0 amide bonds. The van der Waals surface area contributed by atoms with E-state index in [9.17, 15) is 5.26 Å². The van der Waals surface area contributed by atoms with E-state index in [1.807, 2.05) is 109 Å². The van der Waals surface area contributed by atoms with Crippen LogP contribution in [-0.4, -0.2) is 19.9 Å². The fourth-order valence-electron chi connectivity index (χ4n) is 7.18. The van der Waals surface area contributed by atoms with E-state index in [2.05, 4.69) is 97.9 Å². The SMILES string of the molecule is C/C(=C\C=C(/c1ccccc1)c1nc2ccccc2nc1-c1ccc(C#N)c2ccccc12)c1ccc(-c2nc(-c3ccccc3)cc(-c3ccccc3)n2)cc1. The number of para-hydroxylation sites is 2. The molecule has 0 spiro atoms. The fraction of sp³-hybridized carbons (Fsp3) is 0.0192. The lowest BCUT2D eigenvalue weighted by atomic mass is 9.93. The van der Waals surface area contributed by atoms with Crippen LogP contribution in [0.2, 0.25) is 0 Å². The van der Waals surface area contributed by atoms with Crippen molar-refractivity contribution in [1.29, 1.82) is 5.26 Å². The highest BCUT2D eigenvalue weighted by Gasteiger charge is 2.19. The standard InChI is InChI=1S/C52H35N5/c1-35(36-26-28-40(29-27-36)52-56-48(38-17-7-3-8-18-38)33-49(57-52)39-19-9-4-10-20-39)25-31-43(37-15-5-2-6-16-37)50-51(55-47-24-14-13-23-46(47)54-50)45-32-30-41(34-53)42-21-11-12-22-44(42)45/h2-33H,1H3/b35-25+,43-31+. The molecule has 0 radical (unpaired) electrons. The number of aromatic nitrogens is 4. The first kappa shape index (κ1) is 34.9. The molecule has 0 saturated heterocycles. The molecule has 0 bridgehead atoms. The highest BCUT2D eigenvalue weighted by atomic mass is 14.9. The Bertz CT molecular complexity index is 2940. The van der Waals surface area contributed by atoms with E-state index >= 15 is 0 Å². The molecular formula is C52H35N5. The van der Waals surface area contributed by atoms with Gasteiger partial charge in [-0.2, -0.15) is 5.26 Å². The van der Waals surface area contributed by atoms with Gasteiger partial charge in [-0.05, 0) is 53.3 Å². The summed E-state index contributed by atoms with van der Waals surface area (Å²) < 4.78 is 0. The number of allylic oxidation sites excluding steroid dienone is 3. The minimum absolute atomic E-state index is 0.625. The Morgan fingerprint density at radius 2 is 1.05 bits per heavy atom. The van der Waals surface area contributed by atoms with Crippen molar-refractivity contribution in [3.8, 4) is 51.2 Å². The molecule has 9 rings (SSSR count). The van der Waals surface area contributed by atoms with Crippen molar-refractivity contribution in [2.24, 2.45) is 0 Å². The molecule has 2 aromatic heterocycles. The molecule has 0 aliphatic heterocycles. The summed E-state index contributed by atoms with van der Waals surface area (Å²) in [6, 6.07) is 63.5. The monoisotopic (exact) mass is 729 g/mol. The van der Waals surface area contributed by atoms with Gasteiger partial charge >= 0.3 is 0 Å². The molecule has 2 heterocycles. The van der Waals surface area contributed by atoms with E-state index < -0.39 is 0 Å². The summed E-state index contributed by atoms with van der Waals surface area (Å²) in [4.78, 5) is 20.6. The van der Waals surface area contributed by atoms with E-state index in [0.29, 0.717) is 11.4 Å². The van der Waals surface area contributed by atoms with Gasteiger partial charge in [0.2, 0.25) is 0 Å². The first-order chi connectivity index (χ1) is 28.1. The number of nitriles is 1. The van der Waals surface area contributed by atoms with Crippen LogP contribution < -0.4 is 0 Å². The van der Waals surface area contributed by atoms with Crippen LogP contribution in [0.3, 0.4) is 0 Å². The highest BCUT2D eigenvalue weighted by molar-refractivity contribution is 6.02. The van der Waals surface area contributed by atoms with Crippen LogP contribution in [0.25, 0.3) is 78.1 Å². The Morgan fingerprint density at radius 1 is 0.491 bits per heavy atom. The van der Waals surface area contributed by atoms with Crippen molar-refractivity contribution < 1.29 is 0 Å². The highest BCUT2D eigenvalue weighted by Crippen LogP contribution is 2.37. The maximum absolute atomic E-state index is 9.93. The molecular weight excluding hydrogens is 695 g/mol. The maximum Gasteiger partial charge on any atom is 0.160 e. The molecule has 5 nitrogen and oxygen atoms in total. The summed E-state index contributed by atoms with van der Waals surface area (Å²) in [7, 11) is 0. The summed E-state index contributed by atoms with van der Waals surface area (Å²) in [6.45, 7) is 2.12. The van der Waals surface area contributed by atoms with Crippen LogP contribution in [0.1, 0.15) is 29.3 Å². The van der Waals surface area contributed by atoms with E-state index in [4.69, 9.17) is 19.9 Å². The van der Waals surface area contributed by atoms with Gasteiger partial charge in [-0.3, -0.25) is 0 Å². The third-order valence-corrected chi connectivity index (χ3v) is 10.2. The number of benzene rings is 7. The first-order valence-electron chi connectivity index (χ1n) is 18.9. The van der Waals surface area contributed by atoms with Crippen LogP contribution in [0.5, 0.6) is 0 Å². The van der Waals surface area contributed by atoms with Gasteiger partial charge in [-0.25, -0.2) is 19.9 Å². The predicted octanol–water partition coefficient (Wildman–Crippen LogP) is 12.6. The molecule has 0 fully saturated rings. The van der Waals surface area contributed by atoms with Gasteiger partial charge in [0.1, 0.15) is 0 Å². The Hall–Kier alpha value is -7.81. The predicted molar refractivity (Wildman–Crippen MR) is 233 cm³/mol. The lowest BCUT2D eigenvalue weighted by Gasteiger charge is -2.16. The zero-order valence-electron chi connectivity index (χ0n) is 31.2. The molecule has 0 aliphatic carbocycles. The Kier molecular flexibility index (Phi) is 9.50. The van der Waals surface area contributed by atoms with Crippen molar-refractivity contribution in [2.75, 3.05) is 0 Å². The van der Waals surface area contributed by atoms with Crippen molar-refractivity contribution in [3.63, 3.8) is 0 Å². The number of fused-ring (bicyclic) bond motifs is 2. The van der Waals surface area contributed by atoms with Crippen LogP contribution in [-0.2, 0) is 0 Å². The van der Waals surface area contributed by atoms with E-state index in [1.165, 1.54) is 0 Å². The second kappa shape index (κ2) is 15.5. The Balaban J connectivity index is 1.14. The van der Waals surface area contributed by atoms with Gasteiger partial charge < -0.3 is 0 Å². The minimum Gasteiger partial charge on any atom is -0.244 e. The summed E-state index contributed by atoms with van der Waals surface area (Å²) in [5, 5.41) is 11.8. The number of nitrogens with zero attached hydrogens (tertiary/aromatic N) is 5. The second-order valence-corrected chi connectivity index (χ2v) is 13.8. The summed E-state index contributed by atoms with van der Waals surface area (Å²) >= 11 is 0. The average molecular weight is 730 g/mol. The lowest BCUT2D eigenvalue weighted by Crippen LogP contribution is -2.01. The second-order valence-electron chi connectivity index (χ2n) is 13.8. The summed E-state index contributed by atoms with van der Waals surface area (Å²) in [6.07, 6.45) is 4.29. The largest absolute Gasteiger partial charge is 0.244 e. The molecule has 7 aromatic carbocycles. The molecule has 0 unspecified atom stereocenters. The average Bonchev–Trinajstić information content (AvgIpc) is 3.29. The first-order valence-corrected chi connectivity index (χ1v) is 18.9. The van der Waals surface area contributed by atoms with Crippen LogP contribution >= 0.6 is 0 Å². The van der Waals surface area contributed by atoms with Crippen molar-refractivity contribution >= 4 is 33.0 Å². The van der Waals surface area contributed by atoms with Crippen molar-refractivity contribution in [2.45, 2.75) is 6.92 Å². The third-order valence-electron chi connectivity index (χ3n) is 10.2. The van der Waals surface area contributed by atoms with E-state index in [0.717, 1.165) is 89.1 Å². The number of hydrogen-bond acceptors (Lipinski definition) is 5. The van der Waals surface area contributed by atoms with Crippen LogP contribution in [0.15, 0.2) is 194 Å². The molecule has 57 heavy (non-hydrogen) atoms. The minimum atomic E-state index is 0.625. The van der Waals surface area contributed by atoms with Gasteiger partial charge in [0.05, 0.1) is 45.4 Å². The normalized spacial score (nSPS) is 11.8. The van der Waals surface area contributed by atoms with Gasteiger partial charge in [-0.15, -0.1) is 0 Å². The zero-order valence-corrected chi connectivity index (χ0v) is 31.2. The number of rotatable bonds is 8.